The van der Waals surface area contributed by atoms with Gasteiger partial charge in [0.2, 0.25) is 5.76 Å². The highest BCUT2D eigenvalue weighted by Gasteiger charge is 2.36. The largest absolute Gasteiger partial charge is 0.458 e. The fourth-order valence-electron chi connectivity index (χ4n) is 2.69. The number of allylic oxidation sites excluding steroid dienone is 1. The highest BCUT2D eigenvalue weighted by atomic mass is 19.4. The van der Waals surface area contributed by atoms with Gasteiger partial charge < -0.3 is 14.2 Å². The molecule has 2 aromatic carbocycles. The minimum absolute atomic E-state index is 0.0720. The van der Waals surface area contributed by atoms with Gasteiger partial charge in [-0.15, -0.1) is 0 Å². The van der Waals surface area contributed by atoms with Gasteiger partial charge in [-0.2, -0.15) is 13.2 Å². The molecular formula is C25H16F4N2O6. The summed E-state index contributed by atoms with van der Waals surface area (Å²) in [6, 6.07) is 8.45. The Morgan fingerprint density at radius 3 is 2.11 bits per heavy atom. The number of ether oxygens (including phenoxy) is 3. The van der Waals surface area contributed by atoms with Crippen LogP contribution in [-0.2, 0) is 9.47 Å². The van der Waals surface area contributed by atoms with Crippen molar-refractivity contribution < 1.29 is 46.2 Å². The van der Waals surface area contributed by atoms with E-state index in [0.29, 0.717) is 17.2 Å². The number of esters is 3. The molecule has 8 nitrogen and oxygen atoms in total. The van der Waals surface area contributed by atoms with Crippen molar-refractivity contribution in [1.82, 2.24) is 9.97 Å². The highest BCUT2D eigenvalue weighted by Crippen LogP contribution is 2.26. The quantitative estimate of drug-likeness (QED) is 0.177. The standard InChI is InChI=1S/C25H16F4N2O6/c1-3-10-35-22(32)16-6-4-15(5-7-16)21-30-12-18(13-31-21)37-24(34)19-9-8-17(11-20(19)26)23(33)36-14(2)25(27,28)29/h3-9,11-13H,1-2,10H2. The maximum absolute atomic E-state index is 14.4. The van der Waals surface area contributed by atoms with Gasteiger partial charge in [0.15, 0.2) is 11.6 Å². The Balaban J connectivity index is 1.65. The molecule has 0 bridgehead atoms. The third-order valence-corrected chi connectivity index (χ3v) is 4.51. The summed E-state index contributed by atoms with van der Waals surface area (Å²) in [6.45, 7) is 6.11. The number of benzene rings is 2. The van der Waals surface area contributed by atoms with E-state index in [-0.39, 0.29) is 18.2 Å². The molecule has 0 spiro atoms. The zero-order valence-electron chi connectivity index (χ0n) is 18.8. The molecule has 190 valence electrons. The van der Waals surface area contributed by atoms with Crippen LogP contribution in [0.3, 0.4) is 0 Å². The maximum atomic E-state index is 14.4. The first-order valence-corrected chi connectivity index (χ1v) is 10.2. The predicted molar refractivity (Wildman–Crippen MR) is 120 cm³/mol. The minimum Gasteiger partial charge on any atom is -0.458 e. The van der Waals surface area contributed by atoms with E-state index in [2.05, 4.69) is 27.9 Å². The topological polar surface area (TPSA) is 105 Å². The molecule has 0 aliphatic rings. The van der Waals surface area contributed by atoms with Crippen molar-refractivity contribution in [1.29, 1.82) is 0 Å². The monoisotopic (exact) mass is 516 g/mol. The Morgan fingerprint density at radius 1 is 0.919 bits per heavy atom. The van der Waals surface area contributed by atoms with Crippen molar-refractivity contribution in [3.8, 4) is 17.1 Å². The van der Waals surface area contributed by atoms with Crippen LogP contribution in [0.25, 0.3) is 11.4 Å². The second-order valence-electron chi connectivity index (χ2n) is 7.10. The second kappa shape index (κ2) is 11.2. The van der Waals surface area contributed by atoms with E-state index in [0.717, 1.165) is 24.5 Å². The second-order valence-corrected chi connectivity index (χ2v) is 7.10. The van der Waals surface area contributed by atoms with E-state index in [1.54, 1.807) is 12.1 Å². The van der Waals surface area contributed by atoms with Crippen LogP contribution >= 0.6 is 0 Å². The van der Waals surface area contributed by atoms with Crippen molar-refractivity contribution in [3.63, 3.8) is 0 Å². The van der Waals surface area contributed by atoms with Crippen LogP contribution in [0.2, 0.25) is 0 Å². The zero-order chi connectivity index (χ0) is 27.2. The smallest absolute Gasteiger partial charge is 0.449 e. The predicted octanol–water partition coefficient (Wildman–Crippen LogP) is 5.08. The van der Waals surface area contributed by atoms with E-state index in [1.807, 2.05) is 0 Å². The Labute approximate surface area is 206 Å². The number of aromatic nitrogens is 2. The van der Waals surface area contributed by atoms with Gasteiger partial charge in [0.1, 0.15) is 12.4 Å². The van der Waals surface area contributed by atoms with Crippen LogP contribution in [0.5, 0.6) is 5.75 Å². The molecule has 3 rings (SSSR count). The van der Waals surface area contributed by atoms with E-state index in [4.69, 9.17) is 9.47 Å². The fourth-order valence-corrected chi connectivity index (χ4v) is 2.69. The van der Waals surface area contributed by atoms with Crippen LogP contribution in [0.15, 0.2) is 79.9 Å². The lowest BCUT2D eigenvalue weighted by Crippen LogP contribution is -2.18. The van der Waals surface area contributed by atoms with Crippen molar-refractivity contribution in [2.24, 2.45) is 0 Å². The molecule has 0 aliphatic heterocycles. The molecular weight excluding hydrogens is 500 g/mol. The molecule has 0 amide bonds. The van der Waals surface area contributed by atoms with E-state index in [9.17, 15) is 31.9 Å². The molecule has 0 N–H and O–H groups in total. The lowest BCUT2D eigenvalue weighted by molar-refractivity contribution is -0.122. The third-order valence-electron chi connectivity index (χ3n) is 4.51. The van der Waals surface area contributed by atoms with Crippen molar-refractivity contribution >= 4 is 17.9 Å². The van der Waals surface area contributed by atoms with Crippen LogP contribution in [0, 0.1) is 5.82 Å². The number of rotatable bonds is 8. The Morgan fingerprint density at radius 2 is 1.54 bits per heavy atom. The molecule has 12 heteroatoms. The molecule has 0 radical (unpaired) electrons. The fraction of sp³-hybridized carbons (Fsp3) is 0.0800. The molecule has 0 saturated carbocycles. The van der Waals surface area contributed by atoms with E-state index < -0.39 is 46.8 Å². The van der Waals surface area contributed by atoms with Gasteiger partial charge >= 0.3 is 24.1 Å². The Hall–Kier alpha value is -4.87. The van der Waals surface area contributed by atoms with Crippen LogP contribution in [0.4, 0.5) is 17.6 Å². The molecule has 0 saturated heterocycles. The first-order chi connectivity index (χ1) is 17.5. The summed E-state index contributed by atoms with van der Waals surface area (Å²) in [5.74, 6) is -6.11. The van der Waals surface area contributed by atoms with Crippen molar-refractivity contribution in [2.45, 2.75) is 6.18 Å². The Bertz CT molecular complexity index is 1350. The number of nitrogens with zero attached hydrogens (tertiary/aromatic N) is 2. The lowest BCUT2D eigenvalue weighted by Gasteiger charge is -2.11. The normalized spacial score (nSPS) is 10.8. The summed E-state index contributed by atoms with van der Waals surface area (Å²) in [4.78, 5) is 44.0. The molecule has 0 atom stereocenters. The molecule has 0 fully saturated rings. The van der Waals surface area contributed by atoms with E-state index >= 15 is 0 Å². The molecule has 3 aromatic rings. The highest BCUT2D eigenvalue weighted by molar-refractivity contribution is 5.94. The van der Waals surface area contributed by atoms with Crippen molar-refractivity contribution in [2.75, 3.05) is 6.61 Å². The van der Waals surface area contributed by atoms with Gasteiger partial charge in [-0.3, -0.25) is 0 Å². The summed E-state index contributed by atoms with van der Waals surface area (Å²) < 4.78 is 65.7. The molecule has 1 aromatic heterocycles. The SMILES string of the molecule is C=CCOC(=O)c1ccc(-c2ncc(OC(=O)c3ccc(C(=O)OC(=C)C(F)(F)F)cc3F)cn2)cc1. The van der Waals surface area contributed by atoms with E-state index in [1.165, 1.54) is 18.2 Å². The first-order valence-electron chi connectivity index (χ1n) is 10.2. The van der Waals surface area contributed by atoms with Gasteiger partial charge in [-0.1, -0.05) is 31.4 Å². The third kappa shape index (κ3) is 6.84. The van der Waals surface area contributed by atoms with Gasteiger partial charge in [0.05, 0.1) is 29.1 Å². The number of hydrogen-bond acceptors (Lipinski definition) is 8. The van der Waals surface area contributed by atoms with Crippen LogP contribution in [0.1, 0.15) is 31.1 Å². The first kappa shape index (κ1) is 26.7. The summed E-state index contributed by atoms with van der Waals surface area (Å²) in [7, 11) is 0. The number of alkyl halides is 3. The van der Waals surface area contributed by atoms with Gasteiger partial charge in [0, 0.05) is 5.56 Å². The molecule has 0 aliphatic carbocycles. The number of halogens is 4. The zero-order valence-corrected chi connectivity index (χ0v) is 18.8. The molecule has 1 heterocycles. The van der Waals surface area contributed by atoms with Gasteiger partial charge in [-0.05, 0) is 30.3 Å². The Kier molecular flexibility index (Phi) is 8.12. The van der Waals surface area contributed by atoms with Gasteiger partial charge in [-0.25, -0.2) is 28.7 Å². The van der Waals surface area contributed by atoms with Crippen LogP contribution < -0.4 is 4.74 Å². The maximum Gasteiger partial charge on any atom is 0.449 e. The van der Waals surface area contributed by atoms with Gasteiger partial charge in [0.25, 0.3) is 0 Å². The minimum atomic E-state index is -4.97. The van der Waals surface area contributed by atoms with Crippen LogP contribution in [-0.4, -0.2) is 40.7 Å². The lowest BCUT2D eigenvalue weighted by atomic mass is 10.1. The summed E-state index contributed by atoms with van der Waals surface area (Å²) in [5.41, 5.74) is -0.330. The van der Waals surface area contributed by atoms with Crippen molar-refractivity contribution in [3.05, 3.63) is 102 Å². The molecule has 37 heavy (non-hydrogen) atoms. The number of hydrogen-bond donors (Lipinski definition) is 0. The number of carbonyl (C=O) groups is 3. The average Bonchev–Trinajstić information content (AvgIpc) is 2.87. The molecule has 0 unspecified atom stereocenters. The average molecular weight is 516 g/mol. The number of carbonyl (C=O) groups excluding carboxylic acids is 3. The summed E-state index contributed by atoms with van der Waals surface area (Å²) in [5, 5.41) is 0. The summed E-state index contributed by atoms with van der Waals surface area (Å²) in [6.07, 6.45) is -1.23. The summed E-state index contributed by atoms with van der Waals surface area (Å²) >= 11 is 0.